The number of rotatable bonds is 4. The number of nitrogen functional groups attached to an aromatic ring is 1. The first-order chi connectivity index (χ1) is 7.13. The summed E-state index contributed by atoms with van der Waals surface area (Å²) in [5.41, 5.74) is 8.66. The smallest absolute Gasteiger partial charge is 0.0825 e. The van der Waals surface area contributed by atoms with Crippen molar-refractivity contribution >= 4 is 5.69 Å². The fraction of sp³-hybridized carbons (Fsp3) is 0.727. The summed E-state index contributed by atoms with van der Waals surface area (Å²) in [4.78, 5) is 0. The summed E-state index contributed by atoms with van der Waals surface area (Å²) < 4.78 is 7.45. The third-order valence-corrected chi connectivity index (χ3v) is 3.24. The average molecular weight is 209 g/mol. The third-order valence-electron chi connectivity index (χ3n) is 3.24. The normalized spacial score (nSPS) is 18.1. The fourth-order valence-electron chi connectivity index (χ4n) is 1.94. The first-order valence-electron chi connectivity index (χ1n) is 5.45. The van der Waals surface area contributed by atoms with Crippen LogP contribution in [-0.2, 0) is 11.3 Å². The molecule has 15 heavy (non-hydrogen) atoms. The predicted molar refractivity (Wildman–Crippen MR) is 59.6 cm³/mol. The molecule has 4 nitrogen and oxygen atoms in total. The number of anilines is 1. The van der Waals surface area contributed by atoms with E-state index >= 15 is 0 Å². The fourth-order valence-corrected chi connectivity index (χ4v) is 1.94. The monoisotopic (exact) mass is 209 g/mol. The van der Waals surface area contributed by atoms with Crippen LogP contribution in [0.5, 0.6) is 0 Å². The molecule has 2 N–H and O–H groups in total. The van der Waals surface area contributed by atoms with Crippen molar-refractivity contribution in [1.82, 2.24) is 9.78 Å². The molecule has 0 radical (unpaired) electrons. The van der Waals surface area contributed by atoms with Gasteiger partial charge in [-0.05, 0) is 32.6 Å². The zero-order valence-corrected chi connectivity index (χ0v) is 9.66. The molecule has 1 aliphatic rings. The van der Waals surface area contributed by atoms with Crippen LogP contribution in [-0.4, -0.2) is 23.0 Å². The number of aryl methyl sites for hydroxylation is 1. The summed E-state index contributed by atoms with van der Waals surface area (Å²) in [5, 5.41) is 4.42. The molecule has 1 heterocycles. The number of methoxy groups -OCH3 is 1. The molecule has 2 rings (SSSR count). The van der Waals surface area contributed by atoms with Crippen molar-refractivity contribution in [3.05, 3.63) is 11.4 Å². The lowest BCUT2D eigenvalue weighted by atomic mass is 10.2. The van der Waals surface area contributed by atoms with Crippen LogP contribution in [0.2, 0.25) is 0 Å². The number of ether oxygens (including phenoxy) is 1. The van der Waals surface area contributed by atoms with Crippen LogP contribution in [0.3, 0.4) is 0 Å². The van der Waals surface area contributed by atoms with E-state index in [0.717, 1.165) is 29.5 Å². The Kier molecular flexibility index (Phi) is 2.69. The summed E-state index contributed by atoms with van der Waals surface area (Å²) >= 11 is 0. The number of aromatic nitrogens is 2. The maximum absolute atomic E-state index is 5.89. The van der Waals surface area contributed by atoms with Crippen molar-refractivity contribution in [3.8, 4) is 0 Å². The molecule has 1 saturated carbocycles. The van der Waals surface area contributed by atoms with Crippen molar-refractivity contribution in [1.29, 1.82) is 0 Å². The highest BCUT2D eigenvalue weighted by Crippen LogP contribution is 2.35. The van der Waals surface area contributed by atoms with Gasteiger partial charge < -0.3 is 10.5 Å². The highest BCUT2D eigenvalue weighted by atomic mass is 16.5. The minimum Gasteiger partial charge on any atom is -0.396 e. The molecule has 1 aromatic heterocycles. The number of nitrogens with two attached hydrogens (primary N) is 1. The van der Waals surface area contributed by atoms with Gasteiger partial charge in [0.2, 0.25) is 0 Å². The molecule has 1 fully saturated rings. The molecule has 0 bridgehead atoms. The van der Waals surface area contributed by atoms with Crippen molar-refractivity contribution in [3.63, 3.8) is 0 Å². The maximum atomic E-state index is 5.89. The van der Waals surface area contributed by atoms with Gasteiger partial charge in [0.25, 0.3) is 0 Å². The van der Waals surface area contributed by atoms with E-state index in [2.05, 4.69) is 5.10 Å². The second kappa shape index (κ2) is 3.85. The molecule has 1 aromatic rings. The van der Waals surface area contributed by atoms with Gasteiger partial charge in [-0.15, -0.1) is 0 Å². The Labute approximate surface area is 90.4 Å². The number of nitrogens with zero attached hydrogens (tertiary/aromatic N) is 2. The lowest BCUT2D eigenvalue weighted by Crippen LogP contribution is -2.22. The van der Waals surface area contributed by atoms with E-state index in [1.165, 1.54) is 12.8 Å². The van der Waals surface area contributed by atoms with Crippen molar-refractivity contribution < 1.29 is 4.74 Å². The Hall–Kier alpha value is -1.03. The SMILES string of the molecule is COC(Cn1nc(C)c(N)c1C)C1CC1. The van der Waals surface area contributed by atoms with Gasteiger partial charge in [0.05, 0.1) is 29.7 Å². The Bertz CT molecular complexity index is 355. The predicted octanol–water partition coefficient (Wildman–Crippen LogP) is 1.51. The van der Waals surface area contributed by atoms with Crippen molar-refractivity contribution in [2.45, 2.75) is 39.3 Å². The van der Waals surface area contributed by atoms with E-state index in [0.29, 0.717) is 6.10 Å². The van der Waals surface area contributed by atoms with Gasteiger partial charge in [-0.2, -0.15) is 5.10 Å². The van der Waals surface area contributed by atoms with Crippen LogP contribution in [0, 0.1) is 19.8 Å². The molecule has 84 valence electrons. The molecule has 0 aromatic carbocycles. The standard InChI is InChI=1S/C11H19N3O/c1-7-11(12)8(2)14(13-7)6-10(15-3)9-4-5-9/h9-10H,4-6,12H2,1-3H3. The van der Waals surface area contributed by atoms with Crippen LogP contribution in [0.25, 0.3) is 0 Å². The van der Waals surface area contributed by atoms with Crippen LogP contribution in [0.4, 0.5) is 5.69 Å². The minimum absolute atomic E-state index is 0.294. The quantitative estimate of drug-likeness (QED) is 0.817. The van der Waals surface area contributed by atoms with Crippen LogP contribution in [0.15, 0.2) is 0 Å². The highest BCUT2D eigenvalue weighted by Gasteiger charge is 2.32. The minimum atomic E-state index is 0.294. The van der Waals surface area contributed by atoms with Gasteiger partial charge >= 0.3 is 0 Å². The molecule has 1 aliphatic carbocycles. The third kappa shape index (κ3) is 2.00. The Morgan fingerprint density at radius 1 is 1.53 bits per heavy atom. The van der Waals surface area contributed by atoms with Crippen molar-refractivity contribution in [2.75, 3.05) is 12.8 Å². The van der Waals surface area contributed by atoms with Crippen LogP contribution in [0.1, 0.15) is 24.2 Å². The van der Waals surface area contributed by atoms with Gasteiger partial charge in [0, 0.05) is 7.11 Å². The number of hydrogen-bond donors (Lipinski definition) is 1. The Balaban J connectivity index is 2.11. The molecule has 1 atom stereocenters. The summed E-state index contributed by atoms with van der Waals surface area (Å²) in [5.74, 6) is 0.722. The zero-order valence-electron chi connectivity index (χ0n) is 9.66. The molecule has 0 saturated heterocycles. The van der Waals surface area contributed by atoms with E-state index < -0.39 is 0 Å². The first-order valence-corrected chi connectivity index (χ1v) is 5.45. The topological polar surface area (TPSA) is 53.1 Å². The Morgan fingerprint density at radius 2 is 2.20 bits per heavy atom. The van der Waals surface area contributed by atoms with Crippen molar-refractivity contribution in [2.24, 2.45) is 5.92 Å². The van der Waals surface area contributed by atoms with Gasteiger partial charge in [-0.3, -0.25) is 4.68 Å². The molecule has 0 spiro atoms. The molecule has 4 heteroatoms. The lowest BCUT2D eigenvalue weighted by Gasteiger charge is -2.15. The summed E-state index contributed by atoms with van der Waals surface area (Å²) in [6.07, 6.45) is 2.86. The van der Waals surface area contributed by atoms with Gasteiger partial charge in [-0.1, -0.05) is 0 Å². The lowest BCUT2D eigenvalue weighted by molar-refractivity contribution is 0.0663. The summed E-state index contributed by atoms with van der Waals surface area (Å²) in [6.45, 7) is 4.78. The number of hydrogen-bond acceptors (Lipinski definition) is 3. The van der Waals surface area contributed by atoms with E-state index in [1.807, 2.05) is 18.5 Å². The molecular formula is C11H19N3O. The van der Waals surface area contributed by atoms with Crippen LogP contribution < -0.4 is 5.73 Å². The first kappa shape index (κ1) is 10.5. The summed E-state index contributed by atoms with van der Waals surface area (Å²) in [7, 11) is 1.78. The van der Waals surface area contributed by atoms with Gasteiger partial charge in [-0.25, -0.2) is 0 Å². The second-order valence-corrected chi connectivity index (χ2v) is 4.38. The average Bonchev–Trinajstić information content (AvgIpc) is 3.01. The summed E-state index contributed by atoms with van der Waals surface area (Å²) in [6, 6.07) is 0. The van der Waals surface area contributed by atoms with E-state index in [9.17, 15) is 0 Å². The molecular weight excluding hydrogens is 190 g/mol. The van der Waals surface area contributed by atoms with Gasteiger partial charge in [0.1, 0.15) is 0 Å². The molecule has 1 unspecified atom stereocenters. The Morgan fingerprint density at radius 3 is 2.60 bits per heavy atom. The van der Waals surface area contributed by atoms with Crippen LogP contribution >= 0.6 is 0 Å². The maximum Gasteiger partial charge on any atom is 0.0825 e. The second-order valence-electron chi connectivity index (χ2n) is 4.38. The zero-order chi connectivity index (χ0) is 11.0. The van der Waals surface area contributed by atoms with E-state index in [4.69, 9.17) is 10.5 Å². The van der Waals surface area contributed by atoms with Gasteiger partial charge in [0.15, 0.2) is 0 Å². The van der Waals surface area contributed by atoms with E-state index in [-0.39, 0.29) is 0 Å². The van der Waals surface area contributed by atoms with E-state index in [1.54, 1.807) is 7.11 Å². The highest BCUT2D eigenvalue weighted by molar-refractivity contribution is 5.46. The molecule has 0 aliphatic heterocycles. The largest absolute Gasteiger partial charge is 0.396 e. The molecule has 0 amide bonds.